The average molecular weight is 239 g/mol. The molecule has 0 aromatic heterocycles. The van der Waals surface area contributed by atoms with E-state index in [9.17, 15) is 0 Å². The van der Waals surface area contributed by atoms with Gasteiger partial charge in [0.15, 0.2) is 0 Å². The summed E-state index contributed by atoms with van der Waals surface area (Å²) in [7, 11) is 0. The van der Waals surface area contributed by atoms with Gasteiger partial charge in [-0.3, -0.25) is 4.90 Å². The minimum absolute atomic E-state index is 0.206. The van der Waals surface area contributed by atoms with Gasteiger partial charge in [-0.05, 0) is 25.5 Å². The van der Waals surface area contributed by atoms with Gasteiger partial charge in [0, 0.05) is 36.7 Å². The van der Waals surface area contributed by atoms with E-state index in [1.807, 2.05) is 12.1 Å². The molecule has 0 spiro atoms. The van der Waals surface area contributed by atoms with Crippen LogP contribution in [0.2, 0.25) is 5.02 Å². The summed E-state index contributed by atoms with van der Waals surface area (Å²) in [6.07, 6.45) is 0. The number of hydrogen-bond donors (Lipinski definition) is 1. The lowest BCUT2D eigenvalue weighted by Crippen LogP contribution is -2.57. The van der Waals surface area contributed by atoms with Crippen LogP contribution in [0.5, 0.6) is 0 Å². The van der Waals surface area contributed by atoms with Crippen LogP contribution in [0.15, 0.2) is 24.3 Å². The third kappa shape index (κ3) is 2.57. The third-order valence-electron chi connectivity index (χ3n) is 3.29. The van der Waals surface area contributed by atoms with E-state index in [2.05, 4.69) is 36.2 Å². The van der Waals surface area contributed by atoms with Gasteiger partial charge in [-0.1, -0.05) is 29.8 Å². The van der Waals surface area contributed by atoms with Gasteiger partial charge < -0.3 is 5.32 Å². The van der Waals surface area contributed by atoms with Crippen molar-refractivity contribution < 1.29 is 0 Å². The van der Waals surface area contributed by atoms with Crippen molar-refractivity contribution in [2.75, 3.05) is 19.6 Å². The molecular formula is C13H19ClN2. The molecule has 1 N–H and O–H groups in total. The average Bonchev–Trinajstić information content (AvgIpc) is 2.24. The van der Waals surface area contributed by atoms with E-state index >= 15 is 0 Å². The maximum Gasteiger partial charge on any atom is 0.0451 e. The highest BCUT2D eigenvalue weighted by molar-refractivity contribution is 6.31. The Morgan fingerprint density at radius 1 is 1.38 bits per heavy atom. The van der Waals surface area contributed by atoms with Crippen LogP contribution < -0.4 is 5.32 Å². The van der Waals surface area contributed by atoms with Gasteiger partial charge in [-0.2, -0.15) is 0 Å². The first-order chi connectivity index (χ1) is 7.59. The van der Waals surface area contributed by atoms with E-state index in [0.717, 1.165) is 31.2 Å². The Morgan fingerprint density at radius 3 is 2.81 bits per heavy atom. The second kappa shape index (κ2) is 4.74. The summed E-state index contributed by atoms with van der Waals surface area (Å²) in [6, 6.07) is 8.11. The van der Waals surface area contributed by atoms with Gasteiger partial charge in [-0.25, -0.2) is 0 Å². The van der Waals surface area contributed by atoms with E-state index < -0.39 is 0 Å². The van der Waals surface area contributed by atoms with Crippen LogP contribution in [-0.4, -0.2) is 30.1 Å². The number of hydrogen-bond acceptors (Lipinski definition) is 2. The third-order valence-corrected chi connectivity index (χ3v) is 3.66. The zero-order valence-corrected chi connectivity index (χ0v) is 10.7. The molecule has 0 radical (unpaired) electrons. The van der Waals surface area contributed by atoms with Crippen molar-refractivity contribution >= 4 is 11.6 Å². The summed E-state index contributed by atoms with van der Waals surface area (Å²) in [5.41, 5.74) is 1.43. The molecule has 2 nitrogen and oxygen atoms in total. The van der Waals surface area contributed by atoms with Gasteiger partial charge in [-0.15, -0.1) is 0 Å². The Bertz CT molecular complexity index is 363. The number of nitrogens with one attached hydrogen (secondary N) is 1. The van der Waals surface area contributed by atoms with Crippen molar-refractivity contribution in [2.45, 2.75) is 25.9 Å². The molecule has 1 aliphatic rings. The minimum atomic E-state index is 0.206. The van der Waals surface area contributed by atoms with Crippen molar-refractivity contribution in [3.05, 3.63) is 34.9 Å². The Balaban J connectivity index is 2.12. The Labute approximate surface area is 103 Å². The van der Waals surface area contributed by atoms with Gasteiger partial charge >= 0.3 is 0 Å². The highest BCUT2D eigenvalue weighted by Crippen LogP contribution is 2.23. The molecule has 1 saturated heterocycles. The quantitative estimate of drug-likeness (QED) is 0.852. The monoisotopic (exact) mass is 238 g/mol. The molecule has 0 bridgehead atoms. The first-order valence-electron chi connectivity index (χ1n) is 5.79. The van der Waals surface area contributed by atoms with E-state index in [-0.39, 0.29) is 5.54 Å². The summed E-state index contributed by atoms with van der Waals surface area (Å²) in [4.78, 5) is 2.49. The van der Waals surface area contributed by atoms with Gasteiger partial charge in [0.05, 0.1) is 0 Å². The molecule has 16 heavy (non-hydrogen) atoms. The molecule has 3 heteroatoms. The van der Waals surface area contributed by atoms with Crippen LogP contribution in [0.4, 0.5) is 0 Å². The van der Waals surface area contributed by atoms with Crippen molar-refractivity contribution in [1.82, 2.24) is 10.2 Å². The number of halogens is 1. The van der Waals surface area contributed by atoms with Gasteiger partial charge in [0.25, 0.3) is 0 Å². The lowest BCUT2D eigenvalue weighted by Gasteiger charge is -2.43. The van der Waals surface area contributed by atoms with Gasteiger partial charge in [0.2, 0.25) is 0 Å². The predicted octanol–water partition coefficient (Wildman–Crippen LogP) is 2.52. The van der Waals surface area contributed by atoms with Crippen LogP contribution in [0.3, 0.4) is 0 Å². The number of nitrogens with zero attached hydrogens (tertiary/aromatic N) is 1. The van der Waals surface area contributed by atoms with Gasteiger partial charge in [0.1, 0.15) is 0 Å². The first kappa shape index (κ1) is 11.9. The van der Waals surface area contributed by atoms with Crippen LogP contribution in [0.25, 0.3) is 0 Å². The summed E-state index contributed by atoms with van der Waals surface area (Å²) < 4.78 is 0. The predicted molar refractivity (Wildman–Crippen MR) is 68.8 cm³/mol. The number of benzene rings is 1. The minimum Gasteiger partial charge on any atom is -0.314 e. The molecule has 0 aliphatic carbocycles. The van der Waals surface area contributed by atoms with Crippen molar-refractivity contribution in [1.29, 1.82) is 0 Å². The summed E-state index contributed by atoms with van der Waals surface area (Å²) in [6.45, 7) is 8.67. The number of rotatable bonds is 2. The Hall–Kier alpha value is -0.570. The smallest absolute Gasteiger partial charge is 0.0451 e. The van der Waals surface area contributed by atoms with Crippen LogP contribution in [0.1, 0.15) is 19.4 Å². The summed E-state index contributed by atoms with van der Waals surface area (Å²) in [5, 5.41) is 4.30. The molecule has 1 aromatic carbocycles. The molecule has 0 unspecified atom stereocenters. The molecular weight excluding hydrogens is 220 g/mol. The highest BCUT2D eigenvalue weighted by Gasteiger charge is 2.29. The molecule has 88 valence electrons. The summed E-state index contributed by atoms with van der Waals surface area (Å²) in [5.74, 6) is 0. The summed E-state index contributed by atoms with van der Waals surface area (Å²) >= 11 is 6.19. The fourth-order valence-electron chi connectivity index (χ4n) is 2.15. The molecule has 0 amide bonds. The van der Waals surface area contributed by atoms with E-state index in [4.69, 9.17) is 11.6 Å². The van der Waals surface area contributed by atoms with Crippen molar-refractivity contribution in [2.24, 2.45) is 0 Å². The maximum atomic E-state index is 6.19. The van der Waals surface area contributed by atoms with Crippen LogP contribution >= 0.6 is 11.6 Å². The van der Waals surface area contributed by atoms with Crippen LogP contribution in [0, 0.1) is 0 Å². The lowest BCUT2D eigenvalue weighted by atomic mass is 9.99. The molecule has 1 fully saturated rings. The highest BCUT2D eigenvalue weighted by atomic mass is 35.5. The molecule has 0 saturated carbocycles. The first-order valence-corrected chi connectivity index (χ1v) is 6.16. The zero-order valence-electron chi connectivity index (χ0n) is 9.96. The fraction of sp³-hybridized carbons (Fsp3) is 0.538. The largest absolute Gasteiger partial charge is 0.314 e. The second-order valence-electron chi connectivity index (χ2n) is 5.00. The topological polar surface area (TPSA) is 15.3 Å². The van der Waals surface area contributed by atoms with Crippen LogP contribution in [-0.2, 0) is 6.54 Å². The lowest BCUT2D eigenvalue weighted by molar-refractivity contribution is 0.0828. The Kier molecular flexibility index (Phi) is 3.53. The molecule has 1 aliphatic heterocycles. The SMILES string of the molecule is CC1(C)CNCCN1Cc1ccccc1Cl. The van der Waals surface area contributed by atoms with E-state index in [1.165, 1.54) is 5.56 Å². The van der Waals surface area contributed by atoms with Crippen molar-refractivity contribution in [3.63, 3.8) is 0 Å². The molecule has 0 atom stereocenters. The van der Waals surface area contributed by atoms with E-state index in [0.29, 0.717) is 0 Å². The number of piperazine rings is 1. The maximum absolute atomic E-state index is 6.19. The van der Waals surface area contributed by atoms with E-state index in [1.54, 1.807) is 0 Å². The fourth-order valence-corrected chi connectivity index (χ4v) is 2.34. The molecule has 2 rings (SSSR count). The second-order valence-corrected chi connectivity index (χ2v) is 5.41. The normalized spacial score (nSPS) is 20.9. The Morgan fingerprint density at radius 2 is 2.12 bits per heavy atom. The zero-order chi connectivity index (χ0) is 11.6. The molecule has 1 aromatic rings. The van der Waals surface area contributed by atoms with Crippen molar-refractivity contribution in [3.8, 4) is 0 Å². The molecule has 1 heterocycles. The standard InChI is InChI=1S/C13H19ClN2/c1-13(2)10-15-7-8-16(13)9-11-5-3-4-6-12(11)14/h3-6,15H,7-10H2,1-2H3.